The summed E-state index contributed by atoms with van der Waals surface area (Å²) in [6, 6.07) is 65.1. The van der Waals surface area contributed by atoms with Crippen molar-refractivity contribution < 1.29 is 0 Å². The Kier molecular flexibility index (Phi) is 7.13. The molecule has 0 N–H and O–H groups in total. The summed E-state index contributed by atoms with van der Waals surface area (Å²) in [7, 11) is 2.37. The first-order valence-corrected chi connectivity index (χ1v) is 22.2. The molecule has 8 aromatic carbocycles. The van der Waals surface area contributed by atoms with Crippen LogP contribution in [0.5, 0.6) is 0 Å². The van der Waals surface area contributed by atoms with E-state index in [4.69, 9.17) is 0 Å². The number of aromatic nitrogens is 1. The van der Waals surface area contributed by atoms with Crippen molar-refractivity contribution in [2.75, 3.05) is 11.9 Å². The Hall–Kier alpha value is -6.42. The molecule has 0 atom stereocenters. The summed E-state index contributed by atoms with van der Waals surface area (Å²) in [4.78, 5) is 2.65. The monoisotopic (exact) mass is 774 g/mol. The van der Waals surface area contributed by atoms with Gasteiger partial charge in [-0.25, -0.2) is 0 Å². The standard InChI is InChI=1S/C56H42N2S/c1-57(36-15-3-2-4-16-36)52-34-49-45(40-19-7-12-24-48(40)56(49)46-22-10-5-17-38(46)39-18-6-11-23-47(39)56)33-44(52)35-27-29-37(30-28-35)58-50-25-13-8-21-43(50)54-51(58)32-31-42-41-20-9-14-26-53(41)59-55(42)54/h5-14,17-34,36H,2-4,15-16H2,1H3. The molecular weight excluding hydrogens is 733 g/mol. The zero-order valence-electron chi connectivity index (χ0n) is 33.1. The van der Waals surface area contributed by atoms with Crippen LogP contribution in [0.4, 0.5) is 5.69 Å². The summed E-state index contributed by atoms with van der Waals surface area (Å²) in [5, 5.41) is 5.34. The first-order chi connectivity index (χ1) is 29.2. The highest BCUT2D eigenvalue weighted by Gasteiger charge is 2.52. The Balaban J connectivity index is 1.02. The van der Waals surface area contributed by atoms with Gasteiger partial charge >= 0.3 is 0 Å². The van der Waals surface area contributed by atoms with Crippen molar-refractivity contribution in [3.05, 3.63) is 192 Å². The van der Waals surface area contributed by atoms with Crippen LogP contribution in [-0.2, 0) is 5.41 Å². The van der Waals surface area contributed by atoms with E-state index in [0.29, 0.717) is 6.04 Å². The van der Waals surface area contributed by atoms with Crippen LogP contribution >= 0.6 is 11.3 Å². The van der Waals surface area contributed by atoms with Gasteiger partial charge < -0.3 is 9.47 Å². The minimum Gasteiger partial charge on any atom is -0.371 e. The van der Waals surface area contributed by atoms with Gasteiger partial charge in [-0.3, -0.25) is 0 Å². The van der Waals surface area contributed by atoms with Crippen molar-refractivity contribution in [1.29, 1.82) is 0 Å². The van der Waals surface area contributed by atoms with Crippen LogP contribution in [0.3, 0.4) is 0 Å². The zero-order valence-corrected chi connectivity index (χ0v) is 33.9. The molecule has 0 saturated heterocycles. The lowest BCUT2D eigenvalue weighted by Gasteiger charge is -2.36. The average molecular weight is 775 g/mol. The Bertz CT molecular complexity index is 3290. The van der Waals surface area contributed by atoms with Crippen molar-refractivity contribution >= 4 is 59.0 Å². The van der Waals surface area contributed by atoms with Crippen LogP contribution in [-0.4, -0.2) is 17.7 Å². The van der Waals surface area contributed by atoms with Crippen LogP contribution in [0.2, 0.25) is 0 Å². The van der Waals surface area contributed by atoms with Crippen LogP contribution in [0.25, 0.3) is 81.0 Å². The van der Waals surface area contributed by atoms with Gasteiger partial charge in [0.2, 0.25) is 0 Å². The molecule has 3 aliphatic rings. The van der Waals surface area contributed by atoms with Gasteiger partial charge in [-0.05, 0) is 105 Å². The molecular formula is C56H42N2S. The molecule has 3 aliphatic carbocycles. The highest BCUT2D eigenvalue weighted by molar-refractivity contribution is 7.26. The largest absolute Gasteiger partial charge is 0.371 e. The van der Waals surface area contributed by atoms with E-state index in [1.807, 2.05) is 11.3 Å². The summed E-state index contributed by atoms with van der Waals surface area (Å²) in [5.41, 5.74) is 18.2. The fraction of sp³-hybridized carbons (Fsp3) is 0.143. The Labute approximate surface area is 348 Å². The summed E-state index contributed by atoms with van der Waals surface area (Å²) >= 11 is 1.92. The normalized spacial score (nSPS) is 15.3. The molecule has 2 heterocycles. The Morgan fingerprint density at radius 1 is 0.508 bits per heavy atom. The summed E-state index contributed by atoms with van der Waals surface area (Å²) in [5.74, 6) is 0. The van der Waals surface area contributed by atoms with Gasteiger partial charge in [-0.2, -0.15) is 0 Å². The third kappa shape index (κ3) is 4.51. The number of anilines is 1. The predicted octanol–water partition coefficient (Wildman–Crippen LogP) is 14.9. The highest BCUT2D eigenvalue weighted by atomic mass is 32.1. The van der Waals surface area contributed by atoms with Crippen molar-refractivity contribution in [3.8, 4) is 39.1 Å². The highest BCUT2D eigenvalue weighted by Crippen LogP contribution is 2.64. The average Bonchev–Trinajstić information content (AvgIpc) is 4.02. The maximum Gasteiger partial charge on any atom is 0.0726 e. The van der Waals surface area contributed by atoms with E-state index in [1.54, 1.807) is 0 Å². The second-order valence-corrected chi connectivity index (χ2v) is 18.1. The third-order valence-corrected chi connectivity index (χ3v) is 15.4. The van der Waals surface area contributed by atoms with Gasteiger partial charge in [-0.15, -0.1) is 11.3 Å². The molecule has 1 saturated carbocycles. The molecule has 0 amide bonds. The SMILES string of the molecule is CN(c1cc2c(cc1-c1ccc(-n3c4ccccc4c4c5sc6ccccc6c5ccc43)cc1)-c1ccccc1C21c2ccccc2-c2ccccc21)C1CCCCC1. The molecule has 2 nitrogen and oxygen atoms in total. The number of para-hydroxylation sites is 1. The molecule has 0 aliphatic heterocycles. The van der Waals surface area contributed by atoms with Crippen molar-refractivity contribution in [2.45, 2.75) is 43.6 Å². The first kappa shape index (κ1) is 33.5. The van der Waals surface area contributed by atoms with Crippen LogP contribution < -0.4 is 4.90 Å². The molecule has 2 aromatic heterocycles. The molecule has 13 rings (SSSR count). The van der Waals surface area contributed by atoms with Gasteiger partial charge in [0.15, 0.2) is 0 Å². The van der Waals surface area contributed by atoms with E-state index >= 15 is 0 Å². The van der Waals surface area contributed by atoms with E-state index in [-0.39, 0.29) is 5.41 Å². The number of fused-ring (bicyclic) bond motifs is 17. The van der Waals surface area contributed by atoms with Crippen molar-refractivity contribution in [2.24, 2.45) is 0 Å². The Morgan fingerprint density at radius 2 is 1.12 bits per heavy atom. The topological polar surface area (TPSA) is 8.17 Å². The molecule has 1 spiro atoms. The van der Waals surface area contributed by atoms with Crippen LogP contribution in [0.1, 0.15) is 54.4 Å². The molecule has 0 unspecified atom stereocenters. The van der Waals surface area contributed by atoms with Gasteiger partial charge in [-0.1, -0.05) is 147 Å². The predicted molar refractivity (Wildman–Crippen MR) is 251 cm³/mol. The number of rotatable bonds is 4. The number of hydrogen-bond donors (Lipinski definition) is 0. The number of thiophene rings is 1. The second-order valence-electron chi connectivity index (χ2n) is 17.0. The van der Waals surface area contributed by atoms with Gasteiger partial charge in [0.05, 0.1) is 16.4 Å². The molecule has 10 aromatic rings. The van der Waals surface area contributed by atoms with E-state index in [9.17, 15) is 0 Å². The molecule has 1 fully saturated rings. The lowest BCUT2D eigenvalue weighted by Crippen LogP contribution is -2.34. The minimum absolute atomic E-state index is 0.361. The van der Waals surface area contributed by atoms with Crippen molar-refractivity contribution in [3.63, 3.8) is 0 Å². The van der Waals surface area contributed by atoms with Gasteiger partial charge in [0, 0.05) is 61.0 Å². The maximum absolute atomic E-state index is 2.65. The summed E-state index contributed by atoms with van der Waals surface area (Å²) < 4.78 is 5.19. The van der Waals surface area contributed by atoms with Crippen molar-refractivity contribution in [1.82, 2.24) is 4.57 Å². The molecule has 0 radical (unpaired) electrons. The lowest BCUT2D eigenvalue weighted by atomic mass is 9.70. The van der Waals surface area contributed by atoms with E-state index < -0.39 is 0 Å². The second kappa shape index (κ2) is 12.5. The third-order valence-electron chi connectivity index (χ3n) is 14.2. The van der Waals surface area contributed by atoms with E-state index in [1.165, 1.54) is 141 Å². The number of nitrogens with zero attached hydrogens (tertiary/aromatic N) is 2. The molecule has 282 valence electrons. The van der Waals surface area contributed by atoms with Gasteiger partial charge in [0.25, 0.3) is 0 Å². The number of benzene rings is 8. The quantitative estimate of drug-likeness (QED) is 0.173. The molecule has 3 heteroatoms. The lowest BCUT2D eigenvalue weighted by molar-refractivity contribution is 0.428. The summed E-state index contributed by atoms with van der Waals surface area (Å²) in [6.45, 7) is 0. The van der Waals surface area contributed by atoms with E-state index in [2.05, 4.69) is 186 Å². The zero-order chi connectivity index (χ0) is 38.8. The fourth-order valence-corrected chi connectivity index (χ4v) is 12.9. The Morgan fingerprint density at radius 3 is 1.83 bits per heavy atom. The van der Waals surface area contributed by atoms with Crippen LogP contribution in [0, 0.1) is 0 Å². The molecule has 0 bridgehead atoms. The maximum atomic E-state index is 2.65. The van der Waals surface area contributed by atoms with Crippen LogP contribution in [0.15, 0.2) is 170 Å². The van der Waals surface area contributed by atoms with E-state index in [0.717, 1.165) is 0 Å². The minimum atomic E-state index is -0.361. The molecule has 59 heavy (non-hydrogen) atoms. The smallest absolute Gasteiger partial charge is 0.0726 e. The van der Waals surface area contributed by atoms with Gasteiger partial charge in [0.1, 0.15) is 0 Å². The number of hydrogen-bond acceptors (Lipinski definition) is 2. The summed E-state index contributed by atoms with van der Waals surface area (Å²) in [6.07, 6.45) is 6.42. The first-order valence-electron chi connectivity index (χ1n) is 21.3. The fourth-order valence-electron chi connectivity index (χ4n) is 11.6.